The SMILES string of the molecule is COc1cc(C(=O)O)cc(OC)c1OC.COc1cc(C(=O)O)cc(OC)c1OC.[Hg][CH2]C1COC([CH2][Hg])CO1. The second-order valence-corrected chi connectivity index (χ2v) is 12.4. The molecule has 0 saturated carbocycles. The molecular weight excluding hydrogens is 905 g/mol. The number of rotatable bonds is 10. The molecule has 214 valence electrons. The fraction of sp³-hybridized carbons (Fsp3) is 0.462. The molecule has 0 amide bonds. The van der Waals surface area contributed by atoms with Gasteiger partial charge in [0.1, 0.15) is 0 Å². The minimum atomic E-state index is -1.05. The van der Waals surface area contributed by atoms with Crippen LogP contribution in [0.15, 0.2) is 24.3 Å². The maximum absolute atomic E-state index is 10.8. The van der Waals surface area contributed by atoms with Crippen LogP contribution in [0.25, 0.3) is 0 Å². The van der Waals surface area contributed by atoms with E-state index in [4.69, 9.17) is 48.1 Å². The van der Waals surface area contributed by atoms with Gasteiger partial charge in [0.25, 0.3) is 0 Å². The summed E-state index contributed by atoms with van der Waals surface area (Å²) in [5, 5.41) is 17.7. The molecule has 0 aromatic heterocycles. The van der Waals surface area contributed by atoms with Crippen LogP contribution < -0.4 is 28.4 Å². The fourth-order valence-corrected chi connectivity index (χ4v) is 5.92. The van der Waals surface area contributed by atoms with Gasteiger partial charge in [-0.2, -0.15) is 0 Å². The van der Waals surface area contributed by atoms with Crippen LogP contribution >= 0.6 is 0 Å². The topological polar surface area (TPSA) is 148 Å². The van der Waals surface area contributed by atoms with E-state index < -0.39 is 11.9 Å². The summed E-state index contributed by atoms with van der Waals surface area (Å²) in [4.78, 5) is 21.6. The molecule has 1 saturated heterocycles. The molecule has 3 rings (SSSR count). The molecule has 2 unspecified atom stereocenters. The third kappa shape index (κ3) is 10.7. The van der Waals surface area contributed by atoms with E-state index in [1.807, 2.05) is 0 Å². The molecule has 2 atom stereocenters. The Kier molecular flexibility index (Phi) is 17.2. The summed E-state index contributed by atoms with van der Waals surface area (Å²) in [7, 11) is 8.65. The van der Waals surface area contributed by atoms with Crippen molar-refractivity contribution in [2.45, 2.75) is 20.1 Å². The third-order valence-corrected chi connectivity index (χ3v) is 10.5. The van der Waals surface area contributed by atoms with Gasteiger partial charge >= 0.3 is 107 Å². The van der Waals surface area contributed by atoms with Gasteiger partial charge in [0.2, 0.25) is 11.5 Å². The van der Waals surface area contributed by atoms with E-state index in [0.717, 1.165) is 65.5 Å². The molecule has 0 radical (unpaired) electrons. The van der Waals surface area contributed by atoms with Gasteiger partial charge < -0.3 is 38.6 Å². The first-order valence-electron chi connectivity index (χ1n) is 12.0. The number of methoxy groups -OCH3 is 6. The molecule has 1 aliphatic rings. The quantitative estimate of drug-likeness (QED) is 0.336. The first kappa shape index (κ1) is 36.0. The maximum atomic E-state index is 10.8. The van der Waals surface area contributed by atoms with Gasteiger partial charge in [-0.1, -0.05) is 0 Å². The summed E-state index contributed by atoms with van der Waals surface area (Å²) in [6, 6.07) is 5.51. The van der Waals surface area contributed by atoms with Crippen LogP contribution in [0.1, 0.15) is 20.7 Å². The number of carboxylic acids is 2. The Morgan fingerprint density at radius 3 is 1.07 bits per heavy atom. The number of benzene rings is 2. The second kappa shape index (κ2) is 19.2. The number of carbonyl (C=O) groups is 2. The normalized spacial score (nSPS) is 15.8. The van der Waals surface area contributed by atoms with E-state index in [1.54, 1.807) is 0 Å². The predicted molar refractivity (Wildman–Crippen MR) is 135 cm³/mol. The third-order valence-electron chi connectivity index (χ3n) is 5.50. The van der Waals surface area contributed by atoms with Gasteiger partial charge in [-0.05, 0) is 24.3 Å². The van der Waals surface area contributed by atoms with Crippen molar-refractivity contribution in [1.29, 1.82) is 0 Å². The van der Waals surface area contributed by atoms with Gasteiger partial charge in [0.15, 0.2) is 23.0 Å². The Bertz CT molecular complexity index is 952. The van der Waals surface area contributed by atoms with Crippen molar-refractivity contribution < 1.29 is 110 Å². The summed E-state index contributed by atoms with van der Waals surface area (Å²) < 4.78 is 43.8. The molecule has 2 N–H and O–H groups in total. The van der Waals surface area contributed by atoms with Crippen molar-refractivity contribution >= 4 is 11.9 Å². The molecule has 2 aromatic rings. The van der Waals surface area contributed by atoms with Crippen molar-refractivity contribution in [3.05, 3.63) is 35.4 Å². The number of hydrogen-bond acceptors (Lipinski definition) is 10. The molecule has 14 heteroatoms. The molecule has 1 heterocycles. The van der Waals surface area contributed by atoms with Crippen LogP contribution in [0.3, 0.4) is 0 Å². The summed E-state index contributed by atoms with van der Waals surface area (Å²) in [6.07, 6.45) is 0.916. The Balaban J connectivity index is 0.000000307. The van der Waals surface area contributed by atoms with Crippen LogP contribution in [-0.4, -0.2) is 90.2 Å². The number of ether oxygens (including phenoxy) is 8. The summed E-state index contributed by atoms with van der Waals surface area (Å²) in [6.45, 7) is 1.73. The molecule has 1 aliphatic heterocycles. The van der Waals surface area contributed by atoms with E-state index >= 15 is 0 Å². The molecular formula is C26H34Hg2O12. The first-order valence-corrected chi connectivity index (χ1v) is 19.8. The zero-order chi connectivity index (χ0) is 30.2. The average molecular weight is 940 g/mol. The van der Waals surface area contributed by atoms with Crippen molar-refractivity contribution in [2.24, 2.45) is 0 Å². The molecule has 0 aliphatic carbocycles. The van der Waals surface area contributed by atoms with E-state index in [9.17, 15) is 9.59 Å². The molecule has 40 heavy (non-hydrogen) atoms. The zero-order valence-corrected chi connectivity index (χ0v) is 34.7. The molecule has 0 bridgehead atoms. The average Bonchev–Trinajstić information content (AvgIpc) is 2.99. The zero-order valence-electron chi connectivity index (χ0n) is 23.7. The Morgan fingerprint density at radius 2 is 0.925 bits per heavy atom. The Labute approximate surface area is 266 Å². The first-order chi connectivity index (χ1) is 19.1. The van der Waals surface area contributed by atoms with Crippen molar-refractivity contribution in [1.82, 2.24) is 0 Å². The van der Waals surface area contributed by atoms with E-state index in [1.165, 1.54) is 74.8 Å². The molecule has 12 nitrogen and oxygen atoms in total. The molecule has 1 fully saturated rings. The molecule has 2 aromatic carbocycles. The van der Waals surface area contributed by atoms with E-state index in [2.05, 4.69) is 0 Å². The monoisotopic (exact) mass is 942 g/mol. The predicted octanol–water partition coefficient (Wildman–Crippen LogP) is 3.52. The van der Waals surface area contributed by atoms with Crippen molar-refractivity contribution in [3.8, 4) is 34.5 Å². The van der Waals surface area contributed by atoms with Gasteiger partial charge in [-0.3, -0.25) is 0 Å². The van der Waals surface area contributed by atoms with Gasteiger partial charge in [-0.15, -0.1) is 0 Å². The summed E-state index contributed by atoms with van der Waals surface area (Å²) >= 11 is 1.74. The fourth-order valence-electron chi connectivity index (χ4n) is 3.33. The van der Waals surface area contributed by atoms with Gasteiger partial charge in [0, 0.05) is 0 Å². The number of carboxylic acid groups (broad SMARTS) is 2. The van der Waals surface area contributed by atoms with Crippen LogP contribution in [0, 0.1) is 0 Å². The van der Waals surface area contributed by atoms with Crippen LogP contribution in [0.4, 0.5) is 0 Å². The standard InChI is InChI=1S/2C10H12O5.C6H10O2.2Hg/c2*1-13-7-4-6(10(11)12)5-8(14-2)9(7)15-3;1-5-3-8-6(2)4-7-5;;/h2*4-5H,1-3H3,(H,11,12);5-6H,1-4H2;;. The number of aromatic carboxylic acids is 2. The summed E-state index contributed by atoms with van der Waals surface area (Å²) in [5.41, 5.74) is 0.175. The Hall–Kier alpha value is -2.03. The minimum absolute atomic E-state index is 0.0875. The van der Waals surface area contributed by atoms with Crippen LogP contribution in [0.2, 0.25) is 7.86 Å². The number of hydrogen-bond donors (Lipinski definition) is 2. The Morgan fingerprint density at radius 1 is 0.650 bits per heavy atom. The van der Waals surface area contributed by atoms with Crippen molar-refractivity contribution in [2.75, 3.05) is 55.9 Å². The van der Waals surface area contributed by atoms with Crippen LogP contribution in [0.5, 0.6) is 34.5 Å². The summed E-state index contributed by atoms with van der Waals surface area (Å²) in [5.74, 6) is -0.0227. The van der Waals surface area contributed by atoms with E-state index in [0.29, 0.717) is 46.7 Å². The van der Waals surface area contributed by atoms with Gasteiger partial charge in [0.05, 0.1) is 53.8 Å². The van der Waals surface area contributed by atoms with E-state index in [-0.39, 0.29) is 11.1 Å². The van der Waals surface area contributed by atoms with Gasteiger partial charge in [-0.25, -0.2) is 9.59 Å². The van der Waals surface area contributed by atoms with Crippen LogP contribution in [-0.2, 0) is 61.7 Å². The van der Waals surface area contributed by atoms with Crippen molar-refractivity contribution in [3.63, 3.8) is 0 Å². The second-order valence-electron chi connectivity index (χ2n) is 7.93. The molecule has 0 spiro atoms.